The summed E-state index contributed by atoms with van der Waals surface area (Å²) in [7, 11) is 0. The summed E-state index contributed by atoms with van der Waals surface area (Å²) >= 11 is 1.59. The Kier molecular flexibility index (Phi) is 4.38. The first-order valence-corrected chi connectivity index (χ1v) is 7.87. The fourth-order valence-electron chi connectivity index (χ4n) is 2.91. The molecule has 1 aromatic heterocycles. The van der Waals surface area contributed by atoms with E-state index in [4.69, 9.17) is 0 Å². The smallest absolute Gasteiger partial charge is 0.0857 e. The lowest BCUT2D eigenvalue weighted by molar-refractivity contribution is 0.372. The van der Waals surface area contributed by atoms with Gasteiger partial charge in [0.05, 0.1) is 10.6 Å². The maximum Gasteiger partial charge on any atom is 0.0857 e. The average molecular weight is 267 g/mol. The number of nitrogens with one attached hydrogen (secondary N) is 1. The molecule has 18 heavy (non-hydrogen) atoms. The second-order valence-corrected chi connectivity index (χ2v) is 7.10. The molecule has 0 aromatic carbocycles. The molecule has 0 saturated heterocycles. The molecule has 0 aliphatic heterocycles. The molecule has 3 nitrogen and oxygen atoms in total. The van der Waals surface area contributed by atoms with Gasteiger partial charge in [0.2, 0.25) is 0 Å². The van der Waals surface area contributed by atoms with Crippen LogP contribution in [0, 0.1) is 5.92 Å². The van der Waals surface area contributed by atoms with Gasteiger partial charge in [-0.05, 0) is 36.8 Å². The molecular weight excluding hydrogens is 242 g/mol. The molecule has 1 atom stereocenters. The zero-order chi connectivity index (χ0) is 13.2. The Bertz CT molecular complexity index is 375. The molecule has 1 N–H and O–H groups in total. The lowest BCUT2D eigenvalue weighted by atomic mass is 9.87. The van der Waals surface area contributed by atoms with Crippen LogP contribution < -0.4 is 5.32 Å². The number of hydrogen-bond donors (Lipinski definition) is 1. The summed E-state index contributed by atoms with van der Waals surface area (Å²) in [5.74, 6) is 0.772. The summed E-state index contributed by atoms with van der Waals surface area (Å²) in [5, 5.41) is 8.06. The number of nitrogens with zero attached hydrogens (tertiary/aromatic N) is 2. The van der Waals surface area contributed by atoms with Crippen molar-refractivity contribution in [3.63, 3.8) is 0 Å². The molecule has 102 valence electrons. The Morgan fingerprint density at radius 2 is 2.00 bits per heavy atom. The minimum Gasteiger partial charge on any atom is -0.309 e. The van der Waals surface area contributed by atoms with Crippen molar-refractivity contribution in [1.29, 1.82) is 0 Å². The van der Waals surface area contributed by atoms with Gasteiger partial charge >= 0.3 is 0 Å². The van der Waals surface area contributed by atoms with Crippen LogP contribution in [0.4, 0.5) is 0 Å². The van der Waals surface area contributed by atoms with Crippen LogP contribution in [-0.2, 0) is 5.41 Å². The molecule has 0 bridgehead atoms. The molecule has 2 rings (SSSR count). The van der Waals surface area contributed by atoms with Crippen molar-refractivity contribution in [2.75, 3.05) is 6.54 Å². The third-order valence-electron chi connectivity index (χ3n) is 3.80. The molecule has 4 heteroatoms. The van der Waals surface area contributed by atoms with E-state index in [0.29, 0.717) is 6.04 Å². The zero-order valence-corrected chi connectivity index (χ0v) is 12.8. The topological polar surface area (TPSA) is 37.8 Å². The van der Waals surface area contributed by atoms with Crippen molar-refractivity contribution in [2.24, 2.45) is 5.92 Å². The van der Waals surface area contributed by atoms with Gasteiger partial charge in [-0.15, -0.1) is 5.10 Å². The van der Waals surface area contributed by atoms with E-state index in [1.165, 1.54) is 36.3 Å². The predicted octanol–water partition coefficient (Wildman–Crippen LogP) is 3.68. The monoisotopic (exact) mass is 267 g/mol. The third kappa shape index (κ3) is 2.91. The lowest BCUT2D eigenvalue weighted by Gasteiger charge is -2.26. The number of hydrogen-bond acceptors (Lipinski definition) is 4. The fraction of sp³-hybridized carbons (Fsp3) is 0.857. The standard InChI is InChI=1S/C14H25N3S/c1-5-15-11(10-8-6-7-9-10)12-13(14(2,3)4)16-17-18-12/h10-11,15H,5-9H2,1-4H3. The average Bonchev–Trinajstić information content (AvgIpc) is 2.96. The van der Waals surface area contributed by atoms with Gasteiger partial charge in [-0.1, -0.05) is 45.0 Å². The molecule has 0 spiro atoms. The van der Waals surface area contributed by atoms with Crippen molar-refractivity contribution in [1.82, 2.24) is 14.9 Å². The van der Waals surface area contributed by atoms with E-state index in [-0.39, 0.29) is 5.41 Å². The van der Waals surface area contributed by atoms with Crippen LogP contribution in [0.2, 0.25) is 0 Å². The quantitative estimate of drug-likeness (QED) is 0.904. The molecule has 1 unspecified atom stereocenters. The Hall–Kier alpha value is -0.480. The van der Waals surface area contributed by atoms with Gasteiger partial charge in [-0.25, -0.2) is 0 Å². The normalized spacial score (nSPS) is 19.3. The first-order chi connectivity index (χ1) is 8.54. The first-order valence-electron chi connectivity index (χ1n) is 7.10. The van der Waals surface area contributed by atoms with Crippen molar-refractivity contribution >= 4 is 11.5 Å². The van der Waals surface area contributed by atoms with Crippen LogP contribution >= 0.6 is 11.5 Å². The van der Waals surface area contributed by atoms with Crippen molar-refractivity contribution in [3.8, 4) is 0 Å². The number of aromatic nitrogens is 2. The van der Waals surface area contributed by atoms with Gasteiger partial charge in [0.1, 0.15) is 0 Å². The summed E-state index contributed by atoms with van der Waals surface area (Å²) in [6.07, 6.45) is 5.45. The maximum absolute atomic E-state index is 4.39. The van der Waals surface area contributed by atoms with E-state index < -0.39 is 0 Å². The van der Waals surface area contributed by atoms with Gasteiger partial charge in [-0.2, -0.15) is 0 Å². The highest BCUT2D eigenvalue weighted by Gasteiger charge is 2.32. The van der Waals surface area contributed by atoms with Crippen LogP contribution in [0.25, 0.3) is 0 Å². The molecule has 0 radical (unpaired) electrons. The molecule has 1 aromatic rings. The van der Waals surface area contributed by atoms with Gasteiger partial charge in [0.15, 0.2) is 0 Å². The second-order valence-electron chi connectivity index (χ2n) is 6.32. The zero-order valence-electron chi connectivity index (χ0n) is 12.0. The Morgan fingerprint density at radius 3 is 2.56 bits per heavy atom. The predicted molar refractivity (Wildman–Crippen MR) is 77.0 cm³/mol. The van der Waals surface area contributed by atoms with E-state index in [9.17, 15) is 0 Å². The van der Waals surface area contributed by atoms with E-state index in [1.54, 1.807) is 11.5 Å². The van der Waals surface area contributed by atoms with Gasteiger partial charge in [-0.3, -0.25) is 0 Å². The Labute approximate surface area is 115 Å². The van der Waals surface area contributed by atoms with Gasteiger partial charge < -0.3 is 5.32 Å². The molecule has 0 amide bonds. The van der Waals surface area contributed by atoms with E-state index >= 15 is 0 Å². The van der Waals surface area contributed by atoms with E-state index in [0.717, 1.165) is 12.5 Å². The summed E-state index contributed by atoms with van der Waals surface area (Å²) in [5.41, 5.74) is 1.28. The summed E-state index contributed by atoms with van der Waals surface area (Å²) < 4.78 is 4.21. The maximum atomic E-state index is 4.39. The molecule has 1 saturated carbocycles. The number of rotatable bonds is 4. The fourth-order valence-corrected chi connectivity index (χ4v) is 3.94. The largest absolute Gasteiger partial charge is 0.309 e. The van der Waals surface area contributed by atoms with Crippen molar-refractivity contribution in [3.05, 3.63) is 10.6 Å². The lowest BCUT2D eigenvalue weighted by Crippen LogP contribution is -2.29. The van der Waals surface area contributed by atoms with Crippen LogP contribution in [0.5, 0.6) is 0 Å². The summed E-state index contributed by atoms with van der Waals surface area (Å²) in [4.78, 5) is 1.37. The highest BCUT2D eigenvalue weighted by atomic mass is 32.1. The van der Waals surface area contributed by atoms with Gasteiger partial charge in [0.25, 0.3) is 0 Å². The minimum atomic E-state index is 0.0919. The summed E-state index contributed by atoms with van der Waals surface area (Å²) in [6.45, 7) is 9.89. The van der Waals surface area contributed by atoms with Crippen LogP contribution in [-0.4, -0.2) is 16.1 Å². The van der Waals surface area contributed by atoms with Crippen LogP contribution in [0.3, 0.4) is 0 Å². The van der Waals surface area contributed by atoms with Crippen molar-refractivity contribution in [2.45, 2.75) is 64.8 Å². The molecule has 1 aliphatic rings. The minimum absolute atomic E-state index is 0.0919. The SMILES string of the molecule is CCNC(c1snnc1C(C)(C)C)C1CCCC1. The molecular formula is C14H25N3S. The summed E-state index contributed by atoms with van der Waals surface area (Å²) in [6, 6.07) is 0.465. The van der Waals surface area contributed by atoms with Crippen LogP contribution in [0.15, 0.2) is 0 Å². The van der Waals surface area contributed by atoms with E-state index in [2.05, 4.69) is 42.6 Å². The Balaban J connectivity index is 2.27. The highest BCUT2D eigenvalue weighted by molar-refractivity contribution is 7.05. The van der Waals surface area contributed by atoms with Gasteiger partial charge in [0, 0.05) is 11.5 Å². The second kappa shape index (κ2) is 5.66. The first kappa shape index (κ1) is 13.9. The molecule has 1 aliphatic carbocycles. The van der Waals surface area contributed by atoms with E-state index in [1.807, 2.05) is 0 Å². The molecule has 1 heterocycles. The van der Waals surface area contributed by atoms with Crippen molar-refractivity contribution < 1.29 is 0 Å². The third-order valence-corrected chi connectivity index (χ3v) is 4.61. The molecule has 1 fully saturated rings. The highest BCUT2D eigenvalue weighted by Crippen LogP contribution is 2.40. The Morgan fingerprint density at radius 1 is 1.33 bits per heavy atom. The van der Waals surface area contributed by atoms with Crippen LogP contribution in [0.1, 0.15) is 70.0 Å².